The molecule has 1 amide bonds. The number of anilines is 2. The monoisotopic (exact) mass is 504 g/mol. The van der Waals surface area contributed by atoms with Crippen molar-refractivity contribution in [2.45, 2.75) is 18.9 Å². The molecule has 6 nitrogen and oxygen atoms in total. The van der Waals surface area contributed by atoms with E-state index in [1.165, 1.54) is 24.5 Å². The second kappa shape index (κ2) is 9.20. The van der Waals surface area contributed by atoms with Gasteiger partial charge in [0.1, 0.15) is 29.8 Å². The van der Waals surface area contributed by atoms with Gasteiger partial charge in [-0.15, -0.1) is 0 Å². The number of rotatable bonds is 5. The van der Waals surface area contributed by atoms with Crippen LogP contribution < -0.4 is 10.1 Å². The Bertz CT molecular complexity index is 1150. The number of likely N-dealkylation sites (tertiary alicyclic amines) is 1. The van der Waals surface area contributed by atoms with Gasteiger partial charge in [0.15, 0.2) is 0 Å². The van der Waals surface area contributed by atoms with E-state index in [1.807, 2.05) is 12.1 Å². The van der Waals surface area contributed by atoms with Gasteiger partial charge in [0, 0.05) is 37.0 Å². The van der Waals surface area contributed by atoms with Crippen molar-refractivity contribution in [3.63, 3.8) is 0 Å². The number of amides is 1. The second-order valence-electron chi connectivity index (χ2n) is 7.12. The number of ether oxygens (including phenoxy) is 1. The summed E-state index contributed by atoms with van der Waals surface area (Å²) in [6, 6.07) is 8.12. The lowest BCUT2D eigenvalue weighted by Gasteiger charge is -2.31. The zero-order valence-electron chi connectivity index (χ0n) is 16.4. The first-order chi connectivity index (χ1) is 14.9. The summed E-state index contributed by atoms with van der Waals surface area (Å²) < 4.78 is 20.5. The van der Waals surface area contributed by atoms with Gasteiger partial charge in [-0.05, 0) is 52.3 Å². The van der Waals surface area contributed by atoms with Crippen LogP contribution in [0.3, 0.4) is 0 Å². The van der Waals surface area contributed by atoms with Gasteiger partial charge >= 0.3 is 0 Å². The summed E-state index contributed by atoms with van der Waals surface area (Å²) in [6.07, 6.45) is 4.24. The Morgan fingerprint density at radius 1 is 1.29 bits per heavy atom. The van der Waals surface area contributed by atoms with Crippen molar-refractivity contribution >= 4 is 55.8 Å². The SMILES string of the molecule is C=CC(=O)N1CCC(Oc2cc3c(Nc4ccc(F)c(Cl)c4)ncnc3cc2Br)CC1. The molecule has 1 saturated heterocycles. The van der Waals surface area contributed by atoms with Crippen molar-refractivity contribution in [1.82, 2.24) is 14.9 Å². The van der Waals surface area contributed by atoms with Gasteiger partial charge in [0.2, 0.25) is 5.91 Å². The minimum Gasteiger partial charge on any atom is -0.489 e. The van der Waals surface area contributed by atoms with Crippen LogP contribution in [0.2, 0.25) is 5.02 Å². The quantitative estimate of drug-likeness (QED) is 0.465. The Morgan fingerprint density at radius 3 is 2.77 bits per heavy atom. The fourth-order valence-corrected chi connectivity index (χ4v) is 4.07. The highest BCUT2D eigenvalue weighted by molar-refractivity contribution is 9.10. The van der Waals surface area contributed by atoms with E-state index >= 15 is 0 Å². The smallest absolute Gasteiger partial charge is 0.245 e. The van der Waals surface area contributed by atoms with Crippen LogP contribution in [-0.2, 0) is 4.79 Å². The van der Waals surface area contributed by atoms with E-state index in [1.54, 1.807) is 11.0 Å². The van der Waals surface area contributed by atoms with E-state index in [2.05, 4.69) is 37.8 Å². The average molecular weight is 506 g/mol. The maximum absolute atomic E-state index is 13.5. The van der Waals surface area contributed by atoms with Crippen molar-refractivity contribution in [1.29, 1.82) is 0 Å². The third kappa shape index (κ3) is 4.80. The summed E-state index contributed by atoms with van der Waals surface area (Å²) in [7, 11) is 0. The van der Waals surface area contributed by atoms with Gasteiger partial charge < -0.3 is 15.0 Å². The highest BCUT2D eigenvalue weighted by atomic mass is 79.9. The molecule has 31 heavy (non-hydrogen) atoms. The third-order valence-corrected chi connectivity index (χ3v) is 6.00. The molecule has 1 fully saturated rings. The molecule has 1 aliphatic heterocycles. The van der Waals surface area contributed by atoms with Crippen LogP contribution >= 0.6 is 27.5 Å². The highest BCUT2D eigenvalue weighted by Gasteiger charge is 2.23. The standard InChI is InChI=1S/C22H19BrClFN4O2/c1-2-21(30)29-7-5-14(6-8-29)31-20-10-15-19(11-16(20)23)26-12-27-22(15)28-13-3-4-18(25)17(24)9-13/h2-4,9-12,14H,1,5-8H2,(H,26,27,28). The van der Waals surface area contributed by atoms with Crippen LogP contribution in [0.15, 0.2) is 53.8 Å². The molecule has 3 aromatic rings. The molecule has 0 spiro atoms. The highest BCUT2D eigenvalue weighted by Crippen LogP contribution is 2.35. The van der Waals surface area contributed by atoms with Crippen molar-refractivity contribution in [3.8, 4) is 5.75 Å². The van der Waals surface area contributed by atoms with E-state index in [0.29, 0.717) is 30.3 Å². The molecule has 1 aromatic heterocycles. The third-order valence-electron chi connectivity index (χ3n) is 5.09. The van der Waals surface area contributed by atoms with E-state index < -0.39 is 5.82 Å². The molecule has 0 bridgehead atoms. The average Bonchev–Trinajstić information content (AvgIpc) is 2.77. The molecule has 0 unspecified atom stereocenters. The first-order valence-corrected chi connectivity index (χ1v) is 10.9. The van der Waals surface area contributed by atoms with Gasteiger partial charge in [-0.1, -0.05) is 18.2 Å². The lowest BCUT2D eigenvalue weighted by molar-refractivity contribution is -0.127. The normalized spacial score (nSPS) is 14.5. The predicted octanol–water partition coefficient (Wildman–Crippen LogP) is 5.48. The fraction of sp³-hybridized carbons (Fsp3) is 0.227. The number of nitrogens with one attached hydrogen (secondary N) is 1. The van der Waals surface area contributed by atoms with Gasteiger partial charge in [-0.25, -0.2) is 14.4 Å². The molecule has 0 radical (unpaired) electrons. The molecule has 1 N–H and O–H groups in total. The second-order valence-corrected chi connectivity index (χ2v) is 8.38. The molecule has 9 heteroatoms. The maximum atomic E-state index is 13.5. The molecular formula is C22H19BrClFN4O2. The van der Waals surface area contributed by atoms with Gasteiger partial charge in [-0.2, -0.15) is 0 Å². The number of benzene rings is 2. The number of piperidine rings is 1. The first kappa shape index (κ1) is 21.5. The summed E-state index contributed by atoms with van der Waals surface area (Å²) >= 11 is 9.44. The fourth-order valence-electron chi connectivity index (χ4n) is 3.46. The molecule has 2 heterocycles. The van der Waals surface area contributed by atoms with Gasteiger partial charge in [-0.3, -0.25) is 4.79 Å². The van der Waals surface area contributed by atoms with Gasteiger partial charge in [0.25, 0.3) is 0 Å². The van der Waals surface area contributed by atoms with Crippen LogP contribution in [0.1, 0.15) is 12.8 Å². The Labute approximate surface area is 192 Å². The van der Waals surface area contributed by atoms with Crippen LogP contribution in [0, 0.1) is 5.82 Å². The van der Waals surface area contributed by atoms with E-state index in [4.69, 9.17) is 16.3 Å². The maximum Gasteiger partial charge on any atom is 0.245 e. The lowest BCUT2D eigenvalue weighted by Crippen LogP contribution is -2.41. The largest absolute Gasteiger partial charge is 0.489 e. The zero-order valence-corrected chi connectivity index (χ0v) is 18.8. The van der Waals surface area contributed by atoms with Crippen LogP contribution in [-0.4, -0.2) is 40.0 Å². The van der Waals surface area contributed by atoms with Crippen LogP contribution in [0.4, 0.5) is 15.9 Å². The summed E-state index contributed by atoms with van der Waals surface area (Å²) in [5.41, 5.74) is 1.33. The Hall–Kier alpha value is -2.71. The number of fused-ring (bicyclic) bond motifs is 1. The number of aromatic nitrogens is 2. The Balaban J connectivity index is 1.57. The molecule has 160 valence electrons. The van der Waals surface area contributed by atoms with Crippen molar-refractivity contribution in [2.24, 2.45) is 0 Å². The minimum absolute atomic E-state index is 0.0143. The lowest BCUT2D eigenvalue weighted by atomic mass is 10.1. The summed E-state index contributed by atoms with van der Waals surface area (Å²) in [6.45, 7) is 4.79. The molecule has 1 aliphatic rings. The summed E-state index contributed by atoms with van der Waals surface area (Å²) in [4.78, 5) is 22.2. The number of hydrogen-bond donors (Lipinski definition) is 1. The molecular weight excluding hydrogens is 487 g/mol. The topological polar surface area (TPSA) is 67.3 Å². The number of hydrogen-bond acceptors (Lipinski definition) is 5. The van der Waals surface area contributed by atoms with E-state index in [-0.39, 0.29) is 17.0 Å². The first-order valence-electron chi connectivity index (χ1n) is 9.69. The minimum atomic E-state index is -0.486. The van der Waals surface area contributed by atoms with E-state index in [0.717, 1.165) is 28.2 Å². The van der Waals surface area contributed by atoms with Gasteiger partial charge in [0.05, 0.1) is 15.0 Å². The van der Waals surface area contributed by atoms with Crippen LogP contribution in [0.5, 0.6) is 5.75 Å². The Morgan fingerprint density at radius 2 is 2.06 bits per heavy atom. The number of halogens is 3. The molecule has 0 atom stereocenters. The van der Waals surface area contributed by atoms with Crippen molar-refractivity contribution in [3.05, 3.63) is 64.6 Å². The van der Waals surface area contributed by atoms with Crippen molar-refractivity contribution in [2.75, 3.05) is 18.4 Å². The summed E-state index contributed by atoms with van der Waals surface area (Å²) in [5, 5.41) is 3.94. The number of carbonyl (C=O) groups excluding carboxylic acids is 1. The van der Waals surface area contributed by atoms with E-state index in [9.17, 15) is 9.18 Å². The van der Waals surface area contributed by atoms with Crippen LogP contribution in [0.25, 0.3) is 10.9 Å². The molecule has 0 aliphatic carbocycles. The Kier molecular flexibility index (Phi) is 6.38. The summed E-state index contributed by atoms with van der Waals surface area (Å²) in [5.74, 6) is 0.673. The number of carbonyl (C=O) groups is 1. The zero-order chi connectivity index (χ0) is 22.0. The molecule has 2 aromatic carbocycles. The molecule has 0 saturated carbocycles. The number of nitrogens with zero attached hydrogens (tertiary/aromatic N) is 3. The predicted molar refractivity (Wildman–Crippen MR) is 122 cm³/mol. The van der Waals surface area contributed by atoms with Crippen molar-refractivity contribution < 1.29 is 13.9 Å². The molecule has 4 rings (SSSR count).